The highest BCUT2D eigenvalue weighted by molar-refractivity contribution is 7.90. The first-order valence-electron chi connectivity index (χ1n) is 10.3. The number of nitrogens with zero attached hydrogens (tertiary/aromatic N) is 2. The first-order chi connectivity index (χ1) is 13.9. The number of rotatable bonds is 4. The standard InChI is InChI=1S/C20H30N2O3S.CH2O2/c1-26(24,25)18-7-5-15(6-8-18)11-21-12-16-10-17(13-21)20(14-23)22-9-3-2-4-19(16)22;2-1-3/h5-8,16-17,19-20,23H,2-4,9-14H2,1H3;1H,(H,2,3)/t16-,17+,19+,20+;/m1./s1. The van der Waals surface area contributed by atoms with Crippen molar-refractivity contribution >= 4 is 16.3 Å². The van der Waals surface area contributed by atoms with Gasteiger partial charge in [-0.3, -0.25) is 14.6 Å². The van der Waals surface area contributed by atoms with Crippen molar-refractivity contribution in [1.29, 1.82) is 0 Å². The summed E-state index contributed by atoms with van der Waals surface area (Å²) in [7, 11) is -3.14. The van der Waals surface area contributed by atoms with E-state index in [-0.39, 0.29) is 13.1 Å². The third kappa shape index (κ3) is 5.17. The lowest BCUT2D eigenvalue weighted by molar-refractivity contribution is -0.122. The van der Waals surface area contributed by atoms with E-state index in [0.29, 0.717) is 28.8 Å². The average molecular weight is 425 g/mol. The van der Waals surface area contributed by atoms with Gasteiger partial charge in [0.2, 0.25) is 0 Å². The molecule has 29 heavy (non-hydrogen) atoms. The minimum atomic E-state index is -3.14. The number of likely N-dealkylation sites (tertiary alicyclic amines) is 1. The Balaban J connectivity index is 0.000000755. The maximum atomic E-state index is 11.6. The van der Waals surface area contributed by atoms with Gasteiger partial charge < -0.3 is 10.2 Å². The van der Waals surface area contributed by atoms with E-state index in [0.717, 1.165) is 26.2 Å². The van der Waals surface area contributed by atoms with Gasteiger partial charge in [0.05, 0.1) is 11.5 Å². The van der Waals surface area contributed by atoms with Crippen molar-refractivity contribution in [3.8, 4) is 0 Å². The summed E-state index contributed by atoms with van der Waals surface area (Å²) in [5.41, 5.74) is 1.17. The van der Waals surface area contributed by atoms with Gasteiger partial charge >= 0.3 is 0 Å². The normalized spacial score (nSPS) is 30.0. The fourth-order valence-electron chi connectivity index (χ4n) is 5.49. The number of sulfone groups is 1. The summed E-state index contributed by atoms with van der Waals surface area (Å²) in [6.45, 7) is 4.17. The average Bonchev–Trinajstić information content (AvgIpc) is 2.69. The Labute approximate surface area is 173 Å². The Morgan fingerprint density at radius 3 is 2.41 bits per heavy atom. The van der Waals surface area contributed by atoms with Crippen molar-refractivity contribution in [1.82, 2.24) is 9.80 Å². The summed E-state index contributed by atoms with van der Waals surface area (Å²) in [6, 6.07) is 8.26. The molecular formula is C21H32N2O5S. The Morgan fingerprint density at radius 1 is 1.14 bits per heavy atom. The van der Waals surface area contributed by atoms with E-state index in [1.54, 1.807) is 12.1 Å². The van der Waals surface area contributed by atoms with Crippen LogP contribution < -0.4 is 0 Å². The van der Waals surface area contributed by atoms with E-state index in [1.165, 1.54) is 37.5 Å². The maximum Gasteiger partial charge on any atom is 0.290 e. The van der Waals surface area contributed by atoms with Crippen LogP contribution >= 0.6 is 0 Å². The van der Waals surface area contributed by atoms with E-state index in [4.69, 9.17) is 9.90 Å². The molecule has 0 radical (unpaired) electrons. The number of piperidine rings is 3. The van der Waals surface area contributed by atoms with Crippen LogP contribution in [-0.4, -0.2) is 79.5 Å². The van der Waals surface area contributed by atoms with Gasteiger partial charge in [0, 0.05) is 38.0 Å². The lowest BCUT2D eigenvalue weighted by atomic mass is 9.72. The van der Waals surface area contributed by atoms with Gasteiger partial charge in [-0.05, 0) is 55.3 Å². The second-order valence-corrected chi connectivity index (χ2v) is 10.5. The number of aliphatic hydroxyl groups is 1. The van der Waals surface area contributed by atoms with Crippen LogP contribution in [0.4, 0.5) is 0 Å². The summed E-state index contributed by atoms with van der Waals surface area (Å²) >= 11 is 0. The van der Waals surface area contributed by atoms with Crippen LogP contribution in [-0.2, 0) is 21.2 Å². The fourth-order valence-corrected chi connectivity index (χ4v) is 6.12. The molecule has 7 nitrogen and oxygen atoms in total. The Morgan fingerprint density at radius 2 is 1.79 bits per heavy atom. The summed E-state index contributed by atoms with van der Waals surface area (Å²) in [4.78, 5) is 13.9. The van der Waals surface area contributed by atoms with Crippen molar-refractivity contribution in [2.75, 3.05) is 32.5 Å². The zero-order chi connectivity index (χ0) is 21.0. The monoisotopic (exact) mass is 424 g/mol. The van der Waals surface area contributed by atoms with Gasteiger partial charge in [-0.25, -0.2) is 8.42 Å². The molecule has 162 valence electrons. The van der Waals surface area contributed by atoms with Gasteiger partial charge in [-0.2, -0.15) is 0 Å². The first-order valence-corrected chi connectivity index (χ1v) is 12.2. The van der Waals surface area contributed by atoms with Crippen LogP contribution in [0.3, 0.4) is 0 Å². The second kappa shape index (κ2) is 9.55. The molecule has 0 aliphatic carbocycles. The highest BCUT2D eigenvalue weighted by Gasteiger charge is 2.46. The molecule has 1 aromatic rings. The number of hydrogen-bond acceptors (Lipinski definition) is 6. The highest BCUT2D eigenvalue weighted by atomic mass is 32.2. The molecule has 8 heteroatoms. The molecule has 0 unspecified atom stereocenters. The minimum Gasteiger partial charge on any atom is -0.483 e. The van der Waals surface area contributed by atoms with E-state index >= 15 is 0 Å². The summed E-state index contributed by atoms with van der Waals surface area (Å²) in [6.07, 6.45) is 6.34. The zero-order valence-corrected chi connectivity index (χ0v) is 17.8. The van der Waals surface area contributed by atoms with Gasteiger partial charge in [0.15, 0.2) is 9.84 Å². The molecule has 0 amide bonds. The van der Waals surface area contributed by atoms with Crippen LogP contribution in [0.1, 0.15) is 31.2 Å². The molecule has 0 spiro atoms. The molecule has 4 atom stereocenters. The molecule has 1 aromatic carbocycles. The Hall–Kier alpha value is -1.48. The lowest BCUT2D eigenvalue weighted by Crippen LogP contribution is -2.64. The largest absolute Gasteiger partial charge is 0.483 e. The number of hydrogen-bond donors (Lipinski definition) is 2. The summed E-state index contributed by atoms with van der Waals surface area (Å²) in [5, 5.41) is 16.9. The third-order valence-corrected chi connectivity index (χ3v) is 7.77. The minimum absolute atomic E-state index is 0.250. The van der Waals surface area contributed by atoms with Crippen LogP contribution in [0, 0.1) is 11.8 Å². The molecule has 3 heterocycles. The molecular weight excluding hydrogens is 392 g/mol. The predicted octanol–water partition coefficient (Wildman–Crippen LogP) is 1.46. The number of benzene rings is 1. The zero-order valence-electron chi connectivity index (χ0n) is 17.0. The quantitative estimate of drug-likeness (QED) is 0.706. The van der Waals surface area contributed by atoms with Crippen LogP contribution in [0.15, 0.2) is 29.2 Å². The van der Waals surface area contributed by atoms with Gasteiger partial charge in [0.1, 0.15) is 0 Å². The smallest absolute Gasteiger partial charge is 0.290 e. The molecule has 4 rings (SSSR count). The Bertz CT molecular complexity index is 769. The number of carboxylic acid groups (broad SMARTS) is 1. The highest BCUT2D eigenvalue weighted by Crippen LogP contribution is 2.41. The van der Waals surface area contributed by atoms with Crippen molar-refractivity contribution in [3.05, 3.63) is 29.8 Å². The van der Waals surface area contributed by atoms with Gasteiger partial charge in [-0.15, -0.1) is 0 Å². The van der Waals surface area contributed by atoms with Gasteiger partial charge in [0.25, 0.3) is 6.47 Å². The molecule has 3 aliphatic rings. The number of fused-ring (bicyclic) bond motifs is 4. The fraction of sp³-hybridized carbons (Fsp3) is 0.667. The van der Waals surface area contributed by atoms with Crippen LogP contribution in [0.2, 0.25) is 0 Å². The van der Waals surface area contributed by atoms with Crippen molar-refractivity contribution in [2.45, 2.75) is 49.2 Å². The van der Waals surface area contributed by atoms with Crippen molar-refractivity contribution in [2.24, 2.45) is 11.8 Å². The predicted molar refractivity (Wildman–Crippen MR) is 110 cm³/mol. The van der Waals surface area contributed by atoms with Crippen molar-refractivity contribution < 1.29 is 23.4 Å². The number of carbonyl (C=O) groups is 1. The molecule has 3 saturated heterocycles. The first kappa shape index (κ1) is 22.2. The molecule has 3 fully saturated rings. The SMILES string of the molecule is CS(=O)(=O)c1ccc(CN2C[C@H]3C[C@@H](C2)[C@H](CO)N2CCCC[C@@H]32)cc1.O=CO. The third-order valence-electron chi connectivity index (χ3n) is 6.64. The Kier molecular flexibility index (Phi) is 7.32. The maximum absolute atomic E-state index is 11.6. The molecule has 2 bridgehead atoms. The molecule has 3 aliphatic heterocycles. The second-order valence-electron chi connectivity index (χ2n) is 8.52. The van der Waals surface area contributed by atoms with E-state index in [9.17, 15) is 13.5 Å². The van der Waals surface area contributed by atoms with E-state index in [1.807, 2.05) is 12.1 Å². The molecule has 0 saturated carbocycles. The van der Waals surface area contributed by atoms with Crippen LogP contribution in [0.25, 0.3) is 0 Å². The summed E-state index contributed by atoms with van der Waals surface area (Å²) < 4.78 is 23.3. The topological polar surface area (TPSA) is 98.2 Å². The van der Waals surface area contributed by atoms with E-state index < -0.39 is 9.84 Å². The van der Waals surface area contributed by atoms with Gasteiger partial charge in [-0.1, -0.05) is 18.6 Å². The van der Waals surface area contributed by atoms with Crippen LogP contribution in [0.5, 0.6) is 0 Å². The van der Waals surface area contributed by atoms with Crippen molar-refractivity contribution in [3.63, 3.8) is 0 Å². The molecule has 0 aromatic heterocycles. The van der Waals surface area contributed by atoms with E-state index in [2.05, 4.69) is 9.80 Å². The lowest BCUT2D eigenvalue weighted by Gasteiger charge is -2.56. The molecule has 2 N–H and O–H groups in total. The number of aliphatic hydroxyl groups excluding tert-OH is 1. The summed E-state index contributed by atoms with van der Waals surface area (Å²) in [5.74, 6) is 1.25.